The van der Waals surface area contributed by atoms with Crippen molar-refractivity contribution in [3.8, 4) is 5.75 Å². The van der Waals surface area contributed by atoms with Crippen LogP contribution in [0.25, 0.3) is 0 Å². The molecule has 0 radical (unpaired) electrons. The van der Waals surface area contributed by atoms with Crippen LogP contribution in [0.2, 0.25) is 0 Å². The molecule has 0 bridgehead atoms. The normalized spacial score (nSPS) is 29.0. The Kier molecular flexibility index (Phi) is 3.99. The molecule has 0 amide bonds. The van der Waals surface area contributed by atoms with Crippen molar-refractivity contribution in [2.24, 2.45) is 0 Å². The number of ether oxygens (including phenoxy) is 2. The van der Waals surface area contributed by atoms with E-state index in [2.05, 4.69) is 18.2 Å². The quantitative estimate of drug-likeness (QED) is 0.919. The minimum absolute atomic E-state index is 0.224. The monoisotopic (exact) mass is 276 g/mol. The van der Waals surface area contributed by atoms with Crippen LogP contribution >= 0.6 is 0 Å². The summed E-state index contributed by atoms with van der Waals surface area (Å²) in [5.74, 6) is 1.03. The summed E-state index contributed by atoms with van der Waals surface area (Å²) in [6.07, 6.45) is 6.81. The molecule has 1 aliphatic heterocycles. The molecule has 110 valence electrons. The lowest BCUT2D eigenvalue weighted by Crippen LogP contribution is -2.38. The van der Waals surface area contributed by atoms with E-state index in [1.807, 2.05) is 0 Å². The molecule has 1 N–H and O–H groups in total. The molecule has 0 saturated heterocycles. The molecule has 3 heteroatoms. The lowest BCUT2D eigenvalue weighted by Gasteiger charge is -2.36. The number of fused-ring (bicyclic) bond motifs is 1. The van der Waals surface area contributed by atoms with Gasteiger partial charge in [0.25, 0.3) is 0 Å². The Bertz CT molecular complexity index is 471. The fraction of sp³-hybridized carbons (Fsp3) is 0.647. The van der Waals surface area contributed by atoms with Crippen LogP contribution in [0.4, 0.5) is 0 Å². The van der Waals surface area contributed by atoms with E-state index in [9.17, 15) is 5.11 Å². The maximum Gasteiger partial charge on any atom is 0.122 e. The minimum Gasteiger partial charge on any atom is -0.493 e. The molecule has 2 aliphatic rings. The van der Waals surface area contributed by atoms with Crippen LogP contribution in [-0.4, -0.2) is 30.5 Å². The topological polar surface area (TPSA) is 38.7 Å². The summed E-state index contributed by atoms with van der Waals surface area (Å²) in [7, 11) is 1.75. The van der Waals surface area contributed by atoms with E-state index in [-0.39, 0.29) is 6.10 Å². The summed E-state index contributed by atoms with van der Waals surface area (Å²) in [6.45, 7) is 0.804. The van der Waals surface area contributed by atoms with Crippen LogP contribution in [0.3, 0.4) is 0 Å². The van der Waals surface area contributed by atoms with E-state index in [1.54, 1.807) is 7.11 Å². The summed E-state index contributed by atoms with van der Waals surface area (Å²) in [6, 6.07) is 6.44. The van der Waals surface area contributed by atoms with Crippen LogP contribution in [0.15, 0.2) is 18.2 Å². The molecule has 2 atom stereocenters. The number of benzene rings is 1. The Morgan fingerprint density at radius 3 is 3.20 bits per heavy atom. The Morgan fingerprint density at radius 1 is 1.45 bits per heavy atom. The third kappa shape index (κ3) is 2.99. The first-order valence-corrected chi connectivity index (χ1v) is 7.68. The van der Waals surface area contributed by atoms with Gasteiger partial charge in [-0.3, -0.25) is 0 Å². The third-order valence-electron chi connectivity index (χ3n) is 4.74. The van der Waals surface area contributed by atoms with Gasteiger partial charge in [0.05, 0.1) is 18.3 Å². The lowest BCUT2D eigenvalue weighted by molar-refractivity contribution is -0.0630. The Labute approximate surface area is 120 Å². The summed E-state index contributed by atoms with van der Waals surface area (Å²) in [5, 5.41) is 10.7. The predicted octanol–water partition coefficient (Wildman–Crippen LogP) is 2.87. The van der Waals surface area contributed by atoms with Gasteiger partial charge in [-0.2, -0.15) is 0 Å². The number of hydrogen-bond acceptors (Lipinski definition) is 3. The van der Waals surface area contributed by atoms with Crippen LogP contribution in [0.5, 0.6) is 5.75 Å². The maximum atomic E-state index is 10.7. The van der Waals surface area contributed by atoms with Gasteiger partial charge in [-0.05, 0) is 49.3 Å². The molecule has 1 aliphatic carbocycles. The first kappa shape index (κ1) is 13.9. The Balaban J connectivity index is 1.61. The van der Waals surface area contributed by atoms with Gasteiger partial charge in [-0.1, -0.05) is 12.1 Å². The van der Waals surface area contributed by atoms with Crippen molar-refractivity contribution in [2.45, 2.75) is 56.7 Å². The maximum absolute atomic E-state index is 10.7. The smallest absolute Gasteiger partial charge is 0.122 e. The molecular weight excluding hydrogens is 252 g/mol. The molecule has 3 nitrogen and oxygen atoms in total. The van der Waals surface area contributed by atoms with E-state index in [0.717, 1.165) is 57.3 Å². The number of aliphatic hydroxyl groups is 1. The lowest BCUT2D eigenvalue weighted by atomic mass is 9.79. The minimum atomic E-state index is -0.547. The zero-order chi connectivity index (χ0) is 14.0. The Morgan fingerprint density at radius 2 is 2.35 bits per heavy atom. The second kappa shape index (κ2) is 5.74. The highest BCUT2D eigenvalue weighted by Crippen LogP contribution is 2.34. The van der Waals surface area contributed by atoms with E-state index >= 15 is 0 Å². The van der Waals surface area contributed by atoms with Gasteiger partial charge in [0.15, 0.2) is 0 Å². The van der Waals surface area contributed by atoms with E-state index in [4.69, 9.17) is 9.47 Å². The van der Waals surface area contributed by atoms with Crippen LogP contribution < -0.4 is 4.74 Å². The van der Waals surface area contributed by atoms with Crippen LogP contribution in [0, 0.1) is 0 Å². The number of aryl methyl sites for hydroxylation is 1. The standard InChI is InChI=1S/C17H24O3/c1-19-15-3-2-8-17(18,12-15)9-6-13-4-5-16-14(11-13)7-10-20-16/h4-5,11,15,18H,2-3,6-10,12H2,1H3. The van der Waals surface area contributed by atoms with E-state index in [0.29, 0.717) is 0 Å². The SMILES string of the molecule is COC1CCCC(O)(CCc2ccc3c(c2)CCO3)C1. The molecule has 0 spiro atoms. The third-order valence-corrected chi connectivity index (χ3v) is 4.74. The summed E-state index contributed by atoms with van der Waals surface area (Å²) < 4.78 is 11.0. The zero-order valence-electron chi connectivity index (χ0n) is 12.2. The average Bonchev–Trinajstić information content (AvgIpc) is 2.93. The number of methoxy groups -OCH3 is 1. The molecular formula is C17H24O3. The van der Waals surface area contributed by atoms with E-state index in [1.165, 1.54) is 11.1 Å². The van der Waals surface area contributed by atoms with Gasteiger partial charge < -0.3 is 14.6 Å². The number of rotatable bonds is 4. The molecule has 1 aromatic carbocycles. The zero-order valence-corrected chi connectivity index (χ0v) is 12.2. The Hall–Kier alpha value is -1.06. The van der Waals surface area contributed by atoms with Crippen molar-refractivity contribution in [1.82, 2.24) is 0 Å². The fourth-order valence-electron chi connectivity index (χ4n) is 3.49. The highest BCUT2D eigenvalue weighted by atomic mass is 16.5. The van der Waals surface area contributed by atoms with Gasteiger partial charge in [0, 0.05) is 20.0 Å². The molecule has 1 saturated carbocycles. The molecule has 3 rings (SSSR count). The van der Waals surface area contributed by atoms with Gasteiger partial charge in [0.1, 0.15) is 5.75 Å². The van der Waals surface area contributed by atoms with Crippen molar-refractivity contribution >= 4 is 0 Å². The van der Waals surface area contributed by atoms with Crippen LogP contribution in [-0.2, 0) is 17.6 Å². The largest absolute Gasteiger partial charge is 0.493 e. The summed E-state index contributed by atoms with van der Waals surface area (Å²) in [4.78, 5) is 0. The number of hydrogen-bond donors (Lipinski definition) is 1. The fourth-order valence-corrected chi connectivity index (χ4v) is 3.49. The van der Waals surface area contributed by atoms with Gasteiger partial charge in [-0.15, -0.1) is 0 Å². The van der Waals surface area contributed by atoms with Crippen molar-refractivity contribution in [3.05, 3.63) is 29.3 Å². The van der Waals surface area contributed by atoms with Crippen molar-refractivity contribution in [1.29, 1.82) is 0 Å². The summed E-state index contributed by atoms with van der Waals surface area (Å²) in [5.41, 5.74) is 2.07. The van der Waals surface area contributed by atoms with E-state index < -0.39 is 5.60 Å². The van der Waals surface area contributed by atoms with Gasteiger partial charge in [0.2, 0.25) is 0 Å². The molecule has 1 heterocycles. The predicted molar refractivity (Wildman–Crippen MR) is 78.2 cm³/mol. The summed E-state index contributed by atoms with van der Waals surface area (Å²) >= 11 is 0. The highest BCUT2D eigenvalue weighted by Gasteiger charge is 2.34. The average molecular weight is 276 g/mol. The molecule has 20 heavy (non-hydrogen) atoms. The highest BCUT2D eigenvalue weighted by molar-refractivity contribution is 5.39. The van der Waals surface area contributed by atoms with Gasteiger partial charge >= 0.3 is 0 Å². The van der Waals surface area contributed by atoms with Crippen molar-refractivity contribution in [3.63, 3.8) is 0 Å². The van der Waals surface area contributed by atoms with Gasteiger partial charge in [-0.25, -0.2) is 0 Å². The molecule has 1 aromatic rings. The molecule has 1 fully saturated rings. The van der Waals surface area contributed by atoms with Crippen molar-refractivity contribution in [2.75, 3.05) is 13.7 Å². The molecule has 0 aromatic heterocycles. The molecule has 2 unspecified atom stereocenters. The second-order valence-electron chi connectivity index (χ2n) is 6.22. The second-order valence-corrected chi connectivity index (χ2v) is 6.22. The first-order valence-electron chi connectivity index (χ1n) is 7.68. The van der Waals surface area contributed by atoms with Crippen molar-refractivity contribution < 1.29 is 14.6 Å². The first-order chi connectivity index (χ1) is 9.68. The van der Waals surface area contributed by atoms with Crippen LogP contribution in [0.1, 0.15) is 43.2 Å².